The summed E-state index contributed by atoms with van der Waals surface area (Å²) in [6.07, 6.45) is -0.511. The summed E-state index contributed by atoms with van der Waals surface area (Å²) in [5.41, 5.74) is 0.583. The van der Waals surface area contributed by atoms with Gasteiger partial charge < -0.3 is 9.30 Å². The molecule has 1 aliphatic heterocycles. The Morgan fingerprint density at radius 3 is 2.66 bits per heavy atom. The topological polar surface area (TPSA) is 110 Å². The molecule has 2 amide bonds. The number of methoxy groups -OCH3 is 1. The molecular weight excluding hydrogens is 583 g/mol. The Kier molecular flexibility index (Phi) is 7.66. The van der Waals surface area contributed by atoms with Gasteiger partial charge in [0.1, 0.15) is 6.04 Å². The maximum absolute atomic E-state index is 14.0. The molecular formula is C27H21ClF3N5O4S. The highest BCUT2D eigenvalue weighted by Crippen LogP contribution is 2.42. The van der Waals surface area contributed by atoms with Gasteiger partial charge in [-0.1, -0.05) is 23.7 Å². The van der Waals surface area contributed by atoms with E-state index in [0.717, 1.165) is 18.1 Å². The summed E-state index contributed by atoms with van der Waals surface area (Å²) in [5.74, 6) is -1.66. The number of hydrogen-bond donors (Lipinski definition) is 1. The number of amides is 2. The fourth-order valence-corrected chi connectivity index (χ4v) is 5.77. The molecule has 0 radical (unpaired) electrons. The Morgan fingerprint density at radius 2 is 1.98 bits per heavy atom. The molecule has 2 aromatic carbocycles. The highest BCUT2D eigenvalue weighted by Gasteiger charge is 2.45. The summed E-state index contributed by atoms with van der Waals surface area (Å²) in [6, 6.07) is 7.01. The second kappa shape index (κ2) is 11.1. The van der Waals surface area contributed by atoms with Gasteiger partial charge in [-0.05, 0) is 59.1 Å². The summed E-state index contributed by atoms with van der Waals surface area (Å²) in [4.78, 5) is 44.8. The molecule has 4 aromatic rings. The van der Waals surface area contributed by atoms with E-state index < -0.39 is 34.9 Å². The Morgan fingerprint density at radius 1 is 1.20 bits per heavy atom. The summed E-state index contributed by atoms with van der Waals surface area (Å²) in [6.45, 7) is 0. The zero-order chi connectivity index (χ0) is 29.5. The van der Waals surface area contributed by atoms with Crippen molar-refractivity contribution in [2.45, 2.75) is 25.1 Å². The first kappa shape index (κ1) is 28.4. The molecule has 2 aromatic heterocycles. The predicted octanol–water partition coefficient (Wildman–Crippen LogP) is 5.40. The van der Waals surface area contributed by atoms with Gasteiger partial charge in [0.25, 0.3) is 11.1 Å². The van der Waals surface area contributed by atoms with Gasteiger partial charge in [0, 0.05) is 30.1 Å². The maximum Gasteiger partial charge on any atom is 0.416 e. The van der Waals surface area contributed by atoms with Gasteiger partial charge in [-0.2, -0.15) is 18.3 Å². The number of imide groups is 1. The molecule has 1 N–H and O–H groups in total. The monoisotopic (exact) mass is 603 g/mol. The number of ether oxygens (including phenoxy) is 1. The number of imidazole rings is 1. The Hall–Kier alpha value is -4.10. The van der Waals surface area contributed by atoms with Gasteiger partial charge in [0.2, 0.25) is 0 Å². The highest BCUT2D eigenvalue weighted by atomic mass is 35.5. The first-order valence-corrected chi connectivity index (χ1v) is 13.3. The van der Waals surface area contributed by atoms with Crippen LogP contribution in [-0.2, 0) is 40.4 Å². The van der Waals surface area contributed by atoms with E-state index in [4.69, 9.17) is 16.3 Å². The average Bonchev–Trinajstić information content (AvgIpc) is 3.64. The molecule has 1 aliphatic rings. The molecule has 1 saturated heterocycles. The van der Waals surface area contributed by atoms with E-state index in [1.165, 1.54) is 24.7 Å². The van der Waals surface area contributed by atoms with Crippen molar-refractivity contribution in [1.82, 2.24) is 24.6 Å². The van der Waals surface area contributed by atoms with E-state index in [1.807, 2.05) is 0 Å². The lowest BCUT2D eigenvalue weighted by molar-refractivity contribution is -0.148. The highest BCUT2D eigenvalue weighted by molar-refractivity contribution is 8.18. The molecule has 212 valence electrons. The summed E-state index contributed by atoms with van der Waals surface area (Å²) in [5, 5.41) is 6.56. The van der Waals surface area contributed by atoms with Crippen molar-refractivity contribution in [3.63, 3.8) is 0 Å². The fraction of sp³-hybridized carbons (Fsp3) is 0.222. The number of carbonyl (C=O) groups excluding carboxylic acids is 3. The van der Waals surface area contributed by atoms with Crippen LogP contribution in [0, 0.1) is 0 Å². The van der Waals surface area contributed by atoms with E-state index in [2.05, 4.69) is 15.2 Å². The van der Waals surface area contributed by atoms with E-state index in [9.17, 15) is 27.6 Å². The molecule has 0 aliphatic carbocycles. The zero-order valence-electron chi connectivity index (χ0n) is 21.5. The first-order valence-electron chi connectivity index (χ1n) is 12.1. The standard InChI is InChI=1S/C27H21ClF3N5O4S/c1-35-12-18(32-13-35)10-22(25(38)40-2)36-24(37)23(41-26(36)39)19(14-4-6-21-16(7-14)11-33-34-21)8-15-3-5-17(28)9-20(15)27(29,30)31/h3-7,9,11-13,22H,8,10H2,1-2H3,(H,33,34)/b23-19-. The lowest BCUT2D eigenvalue weighted by atomic mass is 9.93. The van der Waals surface area contributed by atoms with E-state index in [-0.39, 0.29) is 33.9 Å². The SMILES string of the molecule is COC(=O)C(Cc1cn(C)cn1)N1C(=O)S/C(=C(/Cc2ccc(Cl)cc2C(F)(F)F)c2ccc3[nH]ncc3c2)C1=O. The summed E-state index contributed by atoms with van der Waals surface area (Å²) in [7, 11) is 2.86. The van der Waals surface area contributed by atoms with Gasteiger partial charge in [-0.15, -0.1) is 0 Å². The Balaban J connectivity index is 1.63. The molecule has 14 heteroatoms. The van der Waals surface area contributed by atoms with E-state index in [1.54, 1.807) is 36.0 Å². The molecule has 9 nitrogen and oxygen atoms in total. The average molecular weight is 604 g/mol. The normalized spacial score (nSPS) is 16.0. The first-order chi connectivity index (χ1) is 19.5. The van der Waals surface area contributed by atoms with Crippen LogP contribution in [0.4, 0.5) is 18.0 Å². The molecule has 41 heavy (non-hydrogen) atoms. The van der Waals surface area contributed by atoms with Crippen molar-refractivity contribution >= 4 is 57.0 Å². The minimum absolute atomic E-state index is 0.0989. The van der Waals surface area contributed by atoms with Crippen molar-refractivity contribution in [1.29, 1.82) is 0 Å². The number of fused-ring (bicyclic) bond motifs is 1. The van der Waals surface area contributed by atoms with Crippen LogP contribution < -0.4 is 0 Å². The lowest BCUT2D eigenvalue weighted by Gasteiger charge is -2.22. The van der Waals surface area contributed by atoms with E-state index >= 15 is 0 Å². The van der Waals surface area contributed by atoms with Crippen LogP contribution in [-0.4, -0.2) is 54.9 Å². The molecule has 0 saturated carbocycles. The van der Waals surface area contributed by atoms with Crippen LogP contribution in [0.5, 0.6) is 0 Å². The third kappa shape index (κ3) is 5.72. The number of rotatable bonds is 7. The number of nitrogens with one attached hydrogen (secondary N) is 1. The minimum atomic E-state index is -4.72. The van der Waals surface area contributed by atoms with Gasteiger partial charge in [0.05, 0.1) is 41.3 Å². The van der Waals surface area contributed by atoms with Crippen molar-refractivity contribution in [2.24, 2.45) is 7.05 Å². The van der Waals surface area contributed by atoms with Crippen molar-refractivity contribution in [3.8, 4) is 0 Å². The third-order valence-electron chi connectivity index (χ3n) is 6.55. The molecule has 3 heterocycles. The third-order valence-corrected chi connectivity index (χ3v) is 7.78. The Bertz CT molecular complexity index is 1710. The number of aromatic amines is 1. The smallest absolute Gasteiger partial charge is 0.416 e. The number of esters is 1. The van der Waals surface area contributed by atoms with Gasteiger partial charge in [-0.25, -0.2) is 9.78 Å². The number of halogens is 4. The van der Waals surface area contributed by atoms with Gasteiger partial charge in [-0.3, -0.25) is 19.6 Å². The number of carbonyl (C=O) groups is 3. The fourth-order valence-electron chi connectivity index (χ4n) is 4.62. The number of thioether (sulfide) groups is 1. The zero-order valence-corrected chi connectivity index (χ0v) is 23.1. The predicted molar refractivity (Wildman–Crippen MR) is 146 cm³/mol. The maximum atomic E-state index is 14.0. The molecule has 5 rings (SSSR count). The number of H-pyrrole nitrogens is 1. The molecule has 1 fully saturated rings. The number of aryl methyl sites for hydroxylation is 1. The number of benzene rings is 2. The largest absolute Gasteiger partial charge is 0.467 e. The van der Waals surface area contributed by atoms with Crippen LogP contribution in [0.2, 0.25) is 5.02 Å². The van der Waals surface area contributed by atoms with E-state index in [0.29, 0.717) is 33.9 Å². The number of nitrogens with zero attached hydrogens (tertiary/aromatic N) is 4. The quantitative estimate of drug-likeness (QED) is 0.222. The second-order valence-corrected chi connectivity index (χ2v) is 10.7. The number of hydrogen-bond acceptors (Lipinski definition) is 7. The van der Waals surface area contributed by atoms with Gasteiger partial charge in [0.15, 0.2) is 0 Å². The summed E-state index contributed by atoms with van der Waals surface area (Å²) >= 11 is 6.43. The van der Waals surface area contributed by atoms with Crippen LogP contribution in [0.1, 0.15) is 22.4 Å². The van der Waals surface area contributed by atoms with Crippen LogP contribution >= 0.6 is 23.4 Å². The lowest BCUT2D eigenvalue weighted by Crippen LogP contribution is -2.46. The molecule has 1 atom stereocenters. The van der Waals surface area contributed by atoms with Gasteiger partial charge >= 0.3 is 12.1 Å². The van der Waals surface area contributed by atoms with Crippen LogP contribution in [0.3, 0.4) is 0 Å². The van der Waals surface area contributed by atoms with Crippen LogP contribution in [0.25, 0.3) is 16.5 Å². The molecule has 0 spiro atoms. The number of aromatic nitrogens is 4. The second-order valence-electron chi connectivity index (χ2n) is 9.27. The Labute approximate surface area is 240 Å². The van der Waals surface area contributed by atoms with Crippen LogP contribution in [0.15, 0.2) is 60.0 Å². The van der Waals surface area contributed by atoms with Crippen molar-refractivity contribution in [2.75, 3.05) is 7.11 Å². The number of alkyl halides is 3. The van der Waals surface area contributed by atoms with Crippen molar-refractivity contribution < 1.29 is 32.3 Å². The summed E-state index contributed by atoms with van der Waals surface area (Å²) < 4.78 is 48.5. The number of allylic oxidation sites excluding steroid dienone is 1. The van der Waals surface area contributed by atoms with Crippen molar-refractivity contribution in [3.05, 3.63) is 87.4 Å². The minimum Gasteiger partial charge on any atom is -0.467 e. The molecule has 0 bridgehead atoms. The molecule has 1 unspecified atom stereocenters.